The van der Waals surface area contributed by atoms with Crippen LogP contribution in [0, 0.1) is 18.6 Å². The van der Waals surface area contributed by atoms with Gasteiger partial charge in [0.15, 0.2) is 0 Å². The summed E-state index contributed by atoms with van der Waals surface area (Å²) in [6.07, 6.45) is 0.303. The third-order valence-corrected chi connectivity index (χ3v) is 2.44. The molecule has 2 rings (SSSR count). The van der Waals surface area contributed by atoms with Crippen LogP contribution in [-0.4, -0.2) is 21.7 Å². The van der Waals surface area contributed by atoms with E-state index in [2.05, 4.69) is 9.97 Å². The van der Waals surface area contributed by atoms with Crippen molar-refractivity contribution in [2.45, 2.75) is 13.3 Å². The molecule has 1 aromatic carbocycles. The number of halogens is 2. The van der Waals surface area contributed by atoms with E-state index < -0.39 is 11.6 Å². The van der Waals surface area contributed by atoms with Gasteiger partial charge in [0.25, 0.3) is 0 Å². The van der Waals surface area contributed by atoms with Crippen LogP contribution in [0.25, 0.3) is 11.3 Å². The fourth-order valence-corrected chi connectivity index (χ4v) is 1.68. The van der Waals surface area contributed by atoms with E-state index >= 15 is 0 Å². The largest absolute Gasteiger partial charge is 0.396 e. The minimum absolute atomic E-state index is 0.0746. The maximum Gasteiger partial charge on any atom is 0.135 e. The topological polar surface area (TPSA) is 46.0 Å². The number of nitrogens with zero attached hydrogens (tertiary/aromatic N) is 2. The molecule has 0 aliphatic heterocycles. The Morgan fingerprint density at radius 2 is 1.94 bits per heavy atom. The highest BCUT2D eigenvalue weighted by atomic mass is 19.1. The molecule has 0 aliphatic rings. The summed E-state index contributed by atoms with van der Waals surface area (Å²) < 4.78 is 26.5. The number of benzene rings is 1. The van der Waals surface area contributed by atoms with Crippen molar-refractivity contribution in [3.05, 3.63) is 47.4 Å². The molecule has 0 saturated carbocycles. The first-order valence-corrected chi connectivity index (χ1v) is 5.51. The highest BCUT2D eigenvalue weighted by Crippen LogP contribution is 2.22. The molecular formula is C13H12F2N2O. The highest BCUT2D eigenvalue weighted by molar-refractivity contribution is 5.60. The summed E-state index contributed by atoms with van der Waals surface area (Å²) in [7, 11) is 0. The molecule has 5 heteroatoms. The van der Waals surface area contributed by atoms with Crippen molar-refractivity contribution in [2.24, 2.45) is 0 Å². The van der Waals surface area contributed by atoms with E-state index in [9.17, 15) is 8.78 Å². The smallest absolute Gasteiger partial charge is 0.135 e. The van der Waals surface area contributed by atoms with Crippen LogP contribution in [0.5, 0.6) is 0 Å². The number of rotatable bonds is 3. The zero-order chi connectivity index (χ0) is 13.1. The molecule has 0 amide bonds. The molecule has 0 saturated heterocycles. The Bertz CT molecular complexity index is 573. The van der Waals surface area contributed by atoms with E-state index in [1.165, 1.54) is 12.1 Å². The second kappa shape index (κ2) is 5.18. The van der Waals surface area contributed by atoms with Gasteiger partial charge >= 0.3 is 0 Å². The van der Waals surface area contributed by atoms with E-state index in [4.69, 9.17) is 5.11 Å². The molecule has 3 nitrogen and oxygen atoms in total. The van der Waals surface area contributed by atoms with Gasteiger partial charge in [0.05, 0.1) is 12.3 Å². The fourth-order valence-electron chi connectivity index (χ4n) is 1.68. The molecule has 0 unspecified atom stereocenters. The Morgan fingerprint density at radius 3 is 2.61 bits per heavy atom. The van der Waals surface area contributed by atoms with Crippen molar-refractivity contribution in [1.29, 1.82) is 0 Å². The van der Waals surface area contributed by atoms with E-state index in [1.54, 1.807) is 13.0 Å². The molecule has 2 aromatic rings. The van der Waals surface area contributed by atoms with Crippen LogP contribution in [0.4, 0.5) is 8.78 Å². The van der Waals surface area contributed by atoms with Gasteiger partial charge < -0.3 is 5.11 Å². The number of aromatic nitrogens is 2. The van der Waals surface area contributed by atoms with Gasteiger partial charge in [0.1, 0.15) is 17.5 Å². The molecule has 0 radical (unpaired) electrons. The summed E-state index contributed by atoms with van der Waals surface area (Å²) in [5.41, 5.74) is 1.29. The van der Waals surface area contributed by atoms with E-state index in [1.807, 2.05) is 0 Å². The van der Waals surface area contributed by atoms with Gasteiger partial charge in [-0.2, -0.15) is 0 Å². The lowest BCUT2D eigenvalue weighted by Crippen LogP contribution is -2.02. The van der Waals surface area contributed by atoms with Crippen LogP contribution in [0.2, 0.25) is 0 Å². The second-order valence-electron chi connectivity index (χ2n) is 3.91. The summed E-state index contributed by atoms with van der Waals surface area (Å²) in [6.45, 7) is 1.68. The molecule has 0 atom stereocenters. The SMILES string of the molecule is Cc1cc(-c2ccc(F)cc2F)nc(CCO)n1. The third kappa shape index (κ3) is 2.68. The molecule has 0 bridgehead atoms. The average molecular weight is 250 g/mol. The van der Waals surface area contributed by atoms with Crippen LogP contribution in [-0.2, 0) is 6.42 Å². The molecule has 0 aliphatic carbocycles. The Hall–Kier alpha value is -1.88. The minimum Gasteiger partial charge on any atom is -0.396 e. The van der Waals surface area contributed by atoms with Crippen molar-refractivity contribution < 1.29 is 13.9 Å². The molecule has 1 N–H and O–H groups in total. The Morgan fingerprint density at radius 1 is 1.17 bits per heavy atom. The zero-order valence-corrected chi connectivity index (χ0v) is 9.82. The Labute approximate surface area is 103 Å². The molecule has 1 heterocycles. The number of aliphatic hydroxyl groups is 1. The van der Waals surface area contributed by atoms with Crippen LogP contribution in [0.1, 0.15) is 11.5 Å². The fraction of sp³-hybridized carbons (Fsp3) is 0.231. The van der Waals surface area contributed by atoms with Crippen molar-refractivity contribution >= 4 is 0 Å². The first-order valence-electron chi connectivity index (χ1n) is 5.51. The Kier molecular flexibility index (Phi) is 3.62. The Balaban J connectivity index is 2.49. The standard InChI is InChI=1S/C13H12F2N2O/c1-8-6-12(17-13(16-8)4-5-18)10-3-2-9(14)7-11(10)15/h2-3,6-7,18H,4-5H2,1H3. The second-order valence-corrected chi connectivity index (χ2v) is 3.91. The molecule has 0 spiro atoms. The van der Waals surface area contributed by atoms with Gasteiger partial charge in [0.2, 0.25) is 0 Å². The van der Waals surface area contributed by atoms with Crippen LogP contribution in [0.15, 0.2) is 24.3 Å². The van der Waals surface area contributed by atoms with Crippen LogP contribution < -0.4 is 0 Å². The van der Waals surface area contributed by atoms with Crippen LogP contribution in [0.3, 0.4) is 0 Å². The first-order chi connectivity index (χ1) is 8.60. The van der Waals surface area contributed by atoms with E-state index in [0.717, 1.165) is 6.07 Å². The van der Waals surface area contributed by atoms with E-state index in [0.29, 0.717) is 23.6 Å². The minimum atomic E-state index is -0.664. The number of aryl methyl sites for hydroxylation is 1. The number of hydrogen-bond donors (Lipinski definition) is 1. The third-order valence-electron chi connectivity index (χ3n) is 2.44. The highest BCUT2D eigenvalue weighted by Gasteiger charge is 2.10. The lowest BCUT2D eigenvalue weighted by Gasteiger charge is -2.06. The monoisotopic (exact) mass is 250 g/mol. The van der Waals surface area contributed by atoms with Gasteiger partial charge in [-0.3, -0.25) is 0 Å². The van der Waals surface area contributed by atoms with E-state index in [-0.39, 0.29) is 12.2 Å². The average Bonchev–Trinajstić information content (AvgIpc) is 2.28. The lowest BCUT2D eigenvalue weighted by atomic mass is 10.1. The van der Waals surface area contributed by atoms with Gasteiger partial charge in [-0.1, -0.05) is 0 Å². The van der Waals surface area contributed by atoms with Crippen molar-refractivity contribution in [3.8, 4) is 11.3 Å². The normalized spacial score (nSPS) is 10.7. The summed E-state index contributed by atoms with van der Waals surface area (Å²) in [6, 6.07) is 4.96. The molecule has 0 fully saturated rings. The van der Waals surface area contributed by atoms with Gasteiger partial charge in [-0.25, -0.2) is 18.7 Å². The molecule has 1 aromatic heterocycles. The molecule has 18 heavy (non-hydrogen) atoms. The van der Waals surface area contributed by atoms with Crippen molar-refractivity contribution in [3.63, 3.8) is 0 Å². The lowest BCUT2D eigenvalue weighted by molar-refractivity contribution is 0.296. The van der Waals surface area contributed by atoms with Crippen molar-refractivity contribution in [2.75, 3.05) is 6.61 Å². The first kappa shape index (κ1) is 12.6. The summed E-state index contributed by atoms with van der Waals surface area (Å²) in [4.78, 5) is 8.28. The molecular weight excluding hydrogens is 238 g/mol. The van der Waals surface area contributed by atoms with Gasteiger partial charge in [-0.15, -0.1) is 0 Å². The summed E-state index contributed by atoms with van der Waals surface area (Å²) >= 11 is 0. The maximum absolute atomic E-state index is 13.6. The predicted octanol–water partition coefficient (Wildman–Crippen LogP) is 2.27. The maximum atomic E-state index is 13.6. The van der Waals surface area contributed by atoms with Crippen molar-refractivity contribution in [1.82, 2.24) is 9.97 Å². The van der Waals surface area contributed by atoms with Crippen LogP contribution >= 0.6 is 0 Å². The predicted molar refractivity (Wildman–Crippen MR) is 62.9 cm³/mol. The van der Waals surface area contributed by atoms with Gasteiger partial charge in [0, 0.05) is 23.7 Å². The summed E-state index contributed by atoms with van der Waals surface area (Å²) in [5.74, 6) is -0.850. The number of hydrogen-bond acceptors (Lipinski definition) is 3. The zero-order valence-electron chi connectivity index (χ0n) is 9.82. The number of aliphatic hydroxyl groups excluding tert-OH is 1. The molecule has 94 valence electrons. The van der Waals surface area contributed by atoms with Gasteiger partial charge in [-0.05, 0) is 25.1 Å². The quantitative estimate of drug-likeness (QED) is 0.908. The summed E-state index contributed by atoms with van der Waals surface area (Å²) in [5, 5.41) is 8.86.